The highest BCUT2D eigenvalue weighted by atomic mass is 16.5. The van der Waals surface area contributed by atoms with Gasteiger partial charge in [-0.15, -0.1) is 0 Å². The second kappa shape index (κ2) is 37.6. The summed E-state index contributed by atoms with van der Waals surface area (Å²) in [5.74, 6) is 0.0270. The molecule has 6 heteroatoms. The number of allylic oxidation sites excluding steroid dienone is 8. The van der Waals surface area contributed by atoms with Crippen LogP contribution in [0.4, 0.5) is 0 Å². The molecule has 0 aromatic carbocycles. The zero-order chi connectivity index (χ0) is 37.6. The third-order valence-electron chi connectivity index (χ3n) is 10.2. The van der Waals surface area contributed by atoms with Crippen molar-refractivity contribution >= 4 is 5.91 Å². The lowest BCUT2D eigenvalue weighted by Gasteiger charge is -2.20. The van der Waals surface area contributed by atoms with Crippen molar-refractivity contribution in [2.45, 2.75) is 205 Å². The lowest BCUT2D eigenvalue weighted by Crippen LogP contribution is -2.43. The Morgan fingerprint density at radius 1 is 0.558 bits per heavy atom. The van der Waals surface area contributed by atoms with Crippen LogP contribution in [-0.2, 0) is 14.3 Å². The number of unbranched alkanes of at least 4 members (excludes halogenated alkanes) is 19. The zero-order valence-corrected chi connectivity index (χ0v) is 34.3. The molecule has 0 spiro atoms. The van der Waals surface area contributed by atoms with Crippen LogP contribution in [-0.4, -0.2) is 61.9 Å². The summed E-state index contributed by atoms with van der Waals surface area (Å²) < 4.78 is 12.8. The van der Waals surface area contributed by atoms with E-state index < -0.39 is 6.04 Å². The van der Waals surface area contributed by atoms with E-state index in [2.05, 4.69) is 62.5 Å². The third-order valence-corrected chi connectivity index (χ3v) is 10.2. The van der Waals surface area contributed by atoms with Crippen molar-refractivity contribution in [2.75, 3.05) is 32.8 Å². The van der Waals surface area contributed by atoms with Gasteiger partial charge in [0, 0.05) is 26.3 Å². The van der Waals surface area contributed by atoms with Crippen LogP contribution < -0.4 is 11.5 Å². The van der Waals surface area contributed by atoms with E-state index >= 15 is 0 Å². The van der Waals surface area contributed by atoms with Crippen molar-refractivity contribution in [3.63, 3.8) is 0 Å². The number of nitrogens with zero attached hydrogens (tertiary/aromatic N) is 1. The molecule has 1 fully saturated rings. The number of rotatable bonds is 37. The molecule has 3 atom stereocenters. The molecule has 1 aliphatic heterocycles. The second-order valence-electron chi connectivity index (χ2n) is 15.1. The molecule has 52 heavy (non-hydrogen) atoms. The first-order valence-corrected chi connectivity index (χ1v) is 22.2. The van der Waals surface area contributed by atoms with Crippen LogP contribution in [0.3, 0.4) is 0 Å². The van der Waals surface area contributed by atoms with Gasteiger partial charge in [0.2, 0.25) is 5.91 Å². The van der Waals surface area contributed by atoms with Gasteiger partial charge < -0.3 is 25.8 Å². The Hall–Kier alpha value is -1.73. The molecule has 4 N–H and O–H groups in total. The van der Waals surface area contributed by atoms with Gasteiger partial charge in [0.15, 0.2) is 0 Å². The van der Waals surface area contributed by atoms with Crippen LogP contribution in [0.15, 0.2) is 48.6 Å². The Morgan fingerprint density at radius 2 is 0.942 bits per heavy atom. The number of likely N-dealkylation sites (tertiary alicyclic amines) is 1. The van der Waals surface area contributed by atoms with Crippen molar-refractivity contribution in [3.8, 4) is 0 Å². The molecule has 1 heterocycles. The first-order valence-electron chi connectivity index (χ1n) is 22.2. The van der Waals surface area contributed by atoms with E-state index in [-0.39, 0.29) is 18.1 Å². The van der Waals surface area contributed by atoms with Crippen molar-refractivity contribution in [3.05, 3.63) is 48.6 Å². The average molecular weight is 728 g/mol. The van der Waals surface area contributed by atoms with Crippen LogP contribution in [0.25, 0.3) is 0 Å². The Morgan fingerprint density at radius 3 is 1.35 bits per heavy atom. The quantitative estimate of drug-likeness (QED) is 0.0491. The maximum Gasteiger partial charge on any atom is 0.239 e. The fourth-order valence-electron chi connectivity index (χ4n) is 6.76. The van der Waals surface area contributed by atoms with E-state index in [1.807, 2.05) is 4.90 Å². The number of carbonyl (C=O) groups is 1. The lowest BCUT2D eigenvalue weighted by atomic mass is 10.1. The molecule has 0 aliphatic carbocycles. The van der Waals surface area contributed by atoms with Crippen LogP contribution >= 0.6 is 0 Å². The molecule has 302 valence electrons. The van der Waals surface area contributed by atoms with Crippen molar-refractivity contribution < 1.29 is 14.3 Å². The summed E-state index contributed by atoms with van der Waals surface area (Å²) in [6.07, 6.45) is 50.6. The van der Waals surface area contributed by atoms with Crippen molar-refractivity contribution in [1.82, 2.24) is 4.90 Å². The SMILES string of the molecule is CCCCCC=CCC=CCCCCCCCCO[C@@H]1CN(C(=O)[C@@H](N)CCCCN)C[C@H]1OCCCCCCCCC=CCC=CCCCCC. The summed E-state index contributed by atoms with van der Waals surface area (Å²) in [4.78, 5) is 15.0. The van der Waals surface area contributed by atoms with Gasteiger partial charge in [-0.05, 0) is 96.4 Å². The van der Waals surface area contributed by atoms with E-state index in [4.69, 9.17) is 20.9 Å². The minimum absolute atomic E-state index is 0.0270. The number of hydrogen-bond acceptors (Lipinski definition) is 5. The van der Waals surface area contributed by atoms with Gasteiger partial charge >= 0.3 is 0 Å². The molecule has 6 nitrogen and oxygen atoms in total. The monoisotopic (exact) mass is 728 g/mol. The molecule has 1 saturated heterocycles. The molecule has 0 aromatic heterocycles. The molecule has 0 aromatic rings. The Bertz CT molecular complexity index is 843. The molecule has 1 aliphatic rings. The van der Waals surface area contributed by atoms with E-state index in [0.717, 1.165) is 51.7 Å². The van der Waals surface area contributed by atoms with Gasteiger partial charge in [-0.3, -0.25) is 4.79 Å². The van der Waals surface area contributed by atoms with Crippen molar-refractivity contribution in [2.24, 2.45) is 11.5 Å². The van der Waals surface area contributed by atoms with Gasteiger partial charge in [-0.25, -0.2) is 0 Å². The standard InChI is InChI=1S/C46H85N3O3/c1-3-5-7-9-11-13-15-17-19-21-23-25-27-29-31-35-39-51-44-41-49(46(50)43(48)37-33-34-38-47)42-45(44)52-40-36-32-30-28-26-24-22-20-18-16-14-12-10-8-6-4-2/h11-14,17-20,43-45H,3-10,15-16,21-42,47-48H2,1-2H3/t43-,44+,45+/m0/s1. The average Bonchev–Trinajstić information content (AvgIpc) is 3.56. The minimum Gasteiger partial charge on any atom is -0.374 e. The molecule has 0 radical (unpaired) electrons. The molecule has 1 rings (SSSR count). The van der Waals surface area contributed by atoms with Crippen LogP contribution in [0, 0.1) is 0 Å². The lowest BCUT2D eigenvalue weighted by molar-refractivity contribution is -0.132. The topological polar surface area (TPSA) is 90.8 Å². The zero-order valence-electron chi connectivity index (χ0n) is 34.3. The highest BCUT2D eigenvalue weighted by Crippen LogP contribution is 2.20. The highest BCUT2D eigenvalue weighted by molar-refractivity contribution is 5.82. The maximum atomic E-state index is 13.1. The summed E-state index contributed by atoms with van der Waals surface area (Å²) >= 11 is 0. The third kappa shape index (κ3) is 28.7. The van der Waals surface area contributed by atoms with Gasteiger partial charge in [0.1, 0.15) is 12.2 Å². The first-order chi connectivity index (χ1) is 25.6. The Balaban J connectivity index is 2.24. The summed E-state index contributed by atoms with van der Waals surface area (Å²) in [6.45, 7) is 7.78. The van der Waals surface area contributed by atoms with Crippen molar-refractivity contribution in [1.29, 1.82) is 0 Å². The minimum atomic E-state index is -0.466. The van der Waals surface area contributed by atoms with Gasteiger partial charge in [0.25, 0.3) is 0 Å². The predicted octanol–water partition coefficient (Wildman–Crippen LogP) is 11.7. The normalized spacial score (nSPS) is 17.3. The second-order valence-corrected chi connectivity index (χ2v) is 15.1. The Labute approximate surface area is 322 Å². The molecular formula is C46H85N3O3. The predicted molar refractivity (Wildman–Crippen MR) is 226 cm³/mol. The van der Waals surface area contributed by atoms with Gasteiger partial charge in [-0.2, -0.15) is 0 Å². The van der Waals surface area contributed by atoms with Crippen LogP contribution in [0.2, 0.25) is 0 Å². The van der Waals surface area contributed by atoms with E-state index in [1.165, 1.54) is 128 Å². The number of hydrogen-bond donors (Lipinski definition) is 2. The smallest absolute Gasteiger partial charge is 0.239 e. The Kier molecular flexibility index (Phi) is 34.9. The summed E-state index contributed by atoms with van der Waals surface area (Å²) in [5.41, 5.74) is 11.9. The van der Waals surface area contributed by atoms with Crippen LogP contribution in [0.5, 0.6) is 0 Å². The van der Waals surface area contributed by atoms with Gasteiger partial charge in [0.05, 0.1) is 6.04 Å². The number of carbonyl (C=O) groups excluding carboxylic acids is 1. The first kappa shape index (κ1) is 48.3. The van der Waals surface area contributed by atoms with Crippen LogP contribution in [0.1, 0.15) is 187 Å². The summed E-state index contributed by atoms with van der Waals surface area (Å²) in [5, 5.41) is 0. The maximum absolute atomic E-state index is 13.1. The molecule has 1 amide bonds. The molecule has 0 bridgehead atoms. The fourth-order valence-corrected chi connectivity index (χ4v) is 6.76. The number of amides is 1. The largest absolute Gasteiger partial charge is 0.374 e. The highest BCUT2D eigenvalue weighted by Gasteiger charge is 2.38. The fraction of sp³-hybridized carbons (Fsp3) is 0.804. The number of nitrogens with two attached hydrogens (primary N) is 2. The van der Waals surface area contributed by atoms with E-state index in [1.54, 1.807) is 0 Å². The van der Waals surface area contributed by atoms with Gasteiger partial charge in [-0.1, -0.05) is 146 Å². The van der Waals surface area contributed by atoms with E-state index in [0.29, 0.717) is 26.1 Å². The number of ether oxygens (including phenoxy) is 2. The summed E-state index contributed by atoms with van der Waals surface area (Å²) in [6, 6.07) is -0.466. The summed E-state index contributed by atoms with van der Waals surface area (Å²) in [7, 11) is 0. The molecule has 0 saturated carbocycles. The van der Waals surface area contributed by atoms with E-state index in [9.17, 15) is 4.79 Å². The molecule has 0 unspecified atom stereocenters. The molecular weight excluding hydrogens is 643 g/mol.